The van der Waals surface area contributed by atoms with E-state index in [0.717, 1.165) is 23.8 Å². The fourth-order valence-corrected chi connectivity index (χ4v) is 2.18. The van der Waals surface area contributed by atoms with Crippen LogP contribution < -0.4 is 5.32 Å². The van der Waals surface area contributed by atoms with E-state index in [0.29, 0.717) is 0 Å². The van der Waals surface area contributed by atoms with Crippen LogP contribution >= 0.6 is 11.8 Å². The lowest BCUT2D eigenvalue weighted by Crippen LogP contribution is -2.17. The molecular formula is C14H18N2OS. The molecule has 1 unspecified atom stereocenters. The number of thioether (sulfide) groups is 1. The number of rotatable bonds is 6. The Labute approximate surface area is 112 Å². The zero-order chi connectivity index (χ0) is 12.8. The molecule has 0 saturated heterocycles. The molecule has 0 aliphatic carbocycles. The van der Waals surface area contributed by atoms with Crippen molar-refractivity contribution in [3.05, 3.63) is 53.7 Å². The van der Waals surface area contributed by atoms with Crippen LogP contribution in [0.15, 0.2) is 41.1 Å². The third-order valence-corrected chi connectivity index (χ3v) is 3.34. The zero-order valence-corrected chi connectivity index (χ0v) is 11.5. The molecule has 96 valence electrons. The summed E-state index contributed by atoms with van der Waals surface area (Å²) in [5.41, 5.74) is 1.19. The van der Waals surface area contributed by atoms with Gasteiger partial charge in [-0.05, 0) is 36.9 Å². The van der Waals surface area contributed by atoms with Crippen molar-refractivity contribution in [3.8, 4) is 0 Å². The fraction of sp³-hybridized carbons (Fsp3) is 0.357. The minimum atomic E-state index is 0.271. The van der Waals surface area contributed by atoms with Crippen molar-refractivity contribution in [2.24, 2.45) is 0 Å². The summed E-state index contributed by atoms with van der Waals surface area (Å²) in [6, 6.07) is 8.38. The molecule has 3 nitrogen and oxygen atoms in total. The Morgan fingerprint density at radius 3 is 2.89 bits per heavy atom. The first kappa shape index (κ1) is 13.2. The molecule has 1 atom stereocenters. The van der Waals surface area contributed by atoms with E-state index in [4.69, 9.17) is 4.42 Å². The lowest BCUT2D eigenvalue weighted by atomic mass is 10.1. The highest BCUT2D eigenvalue weighted by Crippen LogP contribution is 2.15. The van der Waals surface area contributed by atoms with Gasteiger partial charge in [0.2, 0.25) is 0 Å². The van der Waals surface area contributed by atoms with Gasteiger partial charge >= 0.3 is 0 Å². The number of nitrogens with one attached hydrogen (secondary N) is 1. The second-order valence-corrected chi connectivity index (χ2v) is 5.06. The van der Waals surface area contributed by atoms with Gasteiger partial charge in [0.05, 0.1) is 12.3 Å². The molecule has 18 heavy (non-hydrogen) atoms. The van der Waals surface area contributed by atoms with Crippen molar-refractivity contribution < 1.29 is 4.42 Å². The summed E-state index contributed by atoms with van der Waals surface area (Å²) in [5.74, 6) is 2.95. The van der Waals surface area contributed by atoms with E-state index in [9.17, 15) is 0 Å². The Hall–Kier alpha value is -1.26. The Kier molecular flexibility index (Phi) is 4.84. The van der Waals surface area contributed by atoms with Crippen LogP contribution in [-0.4, -0.2) is 11.2 Å². The number of aromatic nitrogens is 1. The summed E-state index contributed by atoms with van der Waals surface area (Å²) in [4.78, 5) is 4.12. The smallest absolute Gasteiger partial charge is 0.118 e. The number of nitrogens with zero attached hydrogens (tertiary/aromatic N) is 1. The van der Waals surface area contributed by atoms with Crippen LogP contribution in [0.3, 0.4) is 0 Å². The normalized spacial score (nSPS) is 12.6. The van der Waals surface area contributed by atoms with Crippen molar-refractivity contribution >= 4 is 11.8 Å². The van der Waals surface area contributed by atoms with Gasteiger partial charge in [-0.25, -0.2) is 0 Å². The number of hydrogen-bond acceptors (Lipinski definition) is 4. The molecule has 2 aromatic rings. The maximum absolute atomic E-state index is 5.71. The zero-order valence-electron chi connectivity index (χ0n) is 10.7. The fourth-order valence-electron chi connectivity index (χ4n) is 1.74. The molecule has 0 bridgehead atoms. The molecule has 0 radical (unpaired) electrons. The Morgan fingerprint density at radius 1 is 1.33 bits per heavy atom. The summed E-state index contributed by atoms with van der Waals surface area (Å²) < 4.78 is 5.71. The number of hydrogen-bond donors (Lipinski definition) is 1. The molecule has 0 saturated carbocycles. The van der Waals surface area contributed by atoms with Gasteiger partial charge in [0.1, 0.15) is 11.5 Å². The van der Waals surface area contributed by atoms with E-state index in [1.807, 2.05) is 24.4 Å². The van der Waals surface area contributed by atoms with Crippen LogP contribution in [-0.2, 0) is 12.3 Å². The number of pyridine rings is 1. The lowest BCUT2D eigenvalue weighted by Gasteiger charge is -2.12. The van der Waals surface area contributed by atoms with Gasteiger partial charge in [-0.3, -0.25) is 4.98 Å². The van der Waals surface area contributed by atoms with Crippen molar-refractivity contribution in [1.82, 2.24) is 10.3 Å². The predicted octanol–water partition coefficient (Wildman–Crippen LogP) is 3.39. The van der Waals surface area contributed by atoms with Crippen molar-refractivity contribution in [2.45, 2.75) is 25.3 Å². The highest BCUT2D eigenvalue weighted by molar-refractivity contribution is 7.97. The first-order valence-corrected chi connectivity index (χ1v) is 7.39. The first-order chi connectivity index (χ1) is 8.79. The van der Waals surface area contributed by atoms with E-state index >= 15 is 0 Å². The monoisotopic (exact) mass is 262 g/mol. The molecule has 2 rings (SSSR count). The third-order valence-electron chi connectivity index (χ3n) is 2.77. The van der Waals surface area contributed by atoms with E-state index in [1.54, 1.807) is 18.0 Å². The van der Waals surface area contributed by atoms with E-state index in [1.165, 1.54) is 5.56 Å². The molecule has 2 heterocycles. The maximum atomic E-state index is 5.71. The minimum absolute atomic E-state index is 0.271. The van der Waals surface area contributed by atoms with Crippen molar-refractivity contribution in [3.63, 3.8) is 0 Å². The van der Waals surface area contributed by atoms with Crippen molar-refractivity contribution in [2.75, 3.05) is 6.26 Å². The second kappa shape index (κ2) is 6.61. The SMILES string of the molecule is CSCc1ccc(CNC(C)c2cccnc2)o1. The quantitative estimate of drug-likeness (QED) is 0.866. The summed E-state index contributed by atoms with van der Waals surface area (Å²) in [6.45, 7) is 2.87. The summed E-state index contributed by atoms with van der Waals surface area (Å²) in [5, 5.41) is 3.43. The molecule has 2 aromatic heterocycles. The largest absolute Gasteiger partial charge is 0.464 e. The molecule has 4 heteroatoms. The summed E-state index contributed by atoms with van der Waals surface area (Å²) >= 11 is 1.77. The predicted molar refractivity (Wildman–Crippen MR) is 75.4 cm³/mol. The standard InChI is InChI=1S/C14H18N2OS/c1-11(12-4-3-7-15-8-12)16-9-13-5-6-14(17-13)10-18-2/h3-8,11,16H,9-10H2,1-2H3. The van der Waals surface area contributed by atoms with E-state index in [2.05, 4.69) is 29.5 Å². The van der Waals surface area contributed by atoms with Gasteiger partial charge in [0, 0.05) is 18.4 Å². The Balaban J connectivity index is 1.87. The van der Waals surface area contributed by atoms with Crippen LogP contribution in [0.2, 0.25) is 0 Å². The summed E-state index contributed by atoms with van der Waals surface area (Å²) in [6.07, 6.45) is 5.75. The average Bonchev–Trinajstić information content (AvgIpc) is 2.85. The maximum Gasteiger partial charge on any atom is 0.118 e. The third kappa shape index (κ3) is 3.62. The molecule has 0 amide bonds. The van der Waals surface area contributed by atoms with Crippen LogP contribution in [0, 0.1) is 0 Å². The average molecular weight is 262 g/mol. The molecule has 0 aromatic carbocycles. The molecule has 0 fully saturated rings. The molecule has 1 N–H and O–H groups in total. The van der Waals surface area contributed by atoms with Crippen LogP contribution in [0.1, 0.15) is 30.0 Å². The summed E-state index contributed by atoms with van der Waals surface area (Å²) in [7, 11) is 0. The van der Waals surface area contributed by atoms with E-state index < -0.39 is 0 Å². The second-order valence-electron chi connectivity index (χ2n) is 4.19. The Bertz CT molecular complexity index is 470. The van der Waals surface area contributed by atoms with Crippen LogP contribution in [0.4, 0.5) is 0 Å². The van der Waals surface area contributed by atoms with Gasteiger partial charge in [0.25, 0.3) is 0 Å². The molecule has 0 aliphatic heterocycles. The topological polar surface area (TPSA) is 38.1 Å². The number of furan rings is 1. The van der Waals surface area contributed by atoms with Gasteiger partial charge < -0.3 is 9.73 Å². The van der Waals surface area contributed by atoms with E-state index in [-0.39, 0.29) is 6.04 Å². The highest BCUT2D eigenvalue weighted by Gasteiger charge is 2.06. The van der Waals surface area contributed by atoms with Gasteiger partial charge in [-0.15, -0.1) is 0 Å². The minimum Gasteiger partial charge on any atom is -0.464 e. The van der Waals surface area contributed by atoms with Crippen LogP contribution in [0.25, 0.3) is 0 Å². The van der Waals surface area contributed by atoms with Crippen LogP contribution in [0.5, 0.6) is 0 Å². The first-order valence-electron chi connectivity index (χ1n) is 5.99. The molecule has 0 aliphatic rings. The Morgan fingerprint density at radius 2 is 2.17 bits per heavy atom. The van der Waals surface area contributed by atoms with Gasteiger partial charge in [-0.1, -0.05) is 6.07 Å². The van der Waals surface area contributed by atoms with Gasteiger partial charge in [-0.2, -0.15) is 11.8 Å². The van der Waals surface area contributed by atoms with Crippen molar-refractivity contribution in [1.29, 1.82) is 0 Å². The van der Waals surface area contributed by atoms with Gasteiger partial charge in [0.15, 0.2) is 0 Å². The lowest BCUT2D eigenvalue weighted by molar-refractivity contribution is 0.442. The molecule has 0 spiro atoms. The highest BCUT2D eigenvalue weighted by atomic mass is 32.2. The molecular weight excluding hydrogens is 244 g/mol.